The molecule has 2 N–H and O–H groups in total. The monoisotopic (exact) mass is 261 g/mol. The molecule has 2 aromatic carbocycles. The Morgan fingerprint density at radius 2 is 1.94 bits per heavy atom. The summed E-state index contributed by atoms with van der Waals surface area (Å²) in [5.41, 5.74) is 5.70. The van der Waals surface area contributed by atoms with Crippen molar-refractivity contribution in [3.05, 3.63) is 42.5 Å². The molecule has 0 amide bonds. The number of rotatable bonds is 4. The smallest absolute Gasteiger partial charge is 0.328 e. The highest BCUT2D eigenvalue weighted by atomic mass is 32.1. The molecule has 2 rings (SSSR count). The summed E-state index contributed by atoms with van der Waals surface area (Å²) >= 11 is 4.05. The first-order valence-corrected chi connectivity index (χ1v) is 6.41. The van der Waals surface area contributed by atoms with Gasteiger partial charge in [0.1, 0.15) is 11.8 Å². The molecular formula is C14H15NO2S. The van der Waals surface area contributed by atoms with Crippen LogP contribution in [0.5, 0.6) is 5.75 Å². The maximum absolute atomic E-state index is 11.8. The van der Waals surface area contributed by atoms with Gasteiger partial charge in [0.05, 0.1) is 0 Å². The van der Waals surface area contributed by atoms with E-state index in [2.05, 4.69) is 12.6 Å². The molecule has 94 valence electrons. The first-order valence-electron chi connectivity index (χ1n) is 5.78. The number of esters is 1. The molecule has 4 heteroatoms. The minimum Gasteiger partial charge on any atom is -0.425 e. The number of nitrogens with two attached hydrogens (primary N) is 1. The van der Waals surface area contributed by atoms with Crippen molar-refractivity contribution in [3.63, 3.8) is 0 Å². The Labute approximate surface area is 111 Å². The van der Waals surface area contributed by atoms with Crippen LogP contribution >= 0.6 is 12.6 Å². The molecule has 2 aromatic rings. The molecule has 0 aliphatic rings. The lowest BCUT2D eigenvalue weighted by Crippen LogP contribution is -2.34. The largest absolute Gasteiger partial charge is 0.425 e. The SMILES string of the molecule is N[C@@H](CCS)C(=O)Oc1cccc2ccccc12. The quantitative estimate of drug-likeness (QED) is 0.505. The third-order valence-electron chi connectivity index (χ3n) is 2.70. The zero-order chi connectivity index (χ0) is 13.0. The van der Waals surface area contributed by atoms with E-state index >= 15 is 0 Å². The van der Waals surface area contributed by atoms with Crippen LogP contribution in [0, 0.1) is 0 Å². The van der Waals surface area contributed by atoms with Crippen molar-refractivity contribution in [1.29, 1.82) is 0 Å². The van der Waals surface area contributed by atoms with E-state index in [1.807, 2.05) is 36.4 Å². The lowest BCUT2D eigenvalue weighted by Gasteiger charge is -2.11. The Morgan fingerprint density at radius 1 is 1.22 bits per heavy atom. The Balaban J connectivity index is 2.24. The number of hydrogen-bond acceptors (Lipinski definition) is 4. The summed E-state index contributed by atoms with van der Waals surface area (Å²) in [7, 11) is 0. The molecule has 0 saturated carbocycles. The van der Waals surface area contributed by atoms with Gasteiger partial charge in [0.25, 0.3) is 0 Å². The fourth-order valence-electron chi connectivity index (χ4n) is 1.73. The summed E-state index contributed by atoms with van der Waals surface area (Å²) in [6.07, 6.45) is 0.507. The molecule has 0 radical (unpaired) electrons. The van der Waals surface area contributed by atoms with Crippen molar-refractivity contribution in [2.24, 2.45) is 5.73 Å². The molecule has 3 nitrogen and oxygen atoms in total. The molecule has 0 bridgehead atoms. The molecule has 0 spiro atoms. The first-order chi connectivity index (χ1) is 8.72. The van der Waals surface area contributed by atoms with Gasteiger partial charge < -0.3 is 10.5 Å². The second-order valence-corrected chi connectivity index (χ2v) is 4.46. The fraction of sp³-hybridized carbons (Fsp3) is 0.214. The number of thiol groups is 1. The maximum Gasteiger partial charge on any atom is 0.328 e. The molecule has 0 heterocycles. The van der Waals surface area contributed by atoms with Gasteiger partial charge in [-0.15, -0.1) is 0 Å². The van der Waals surface area contributed by atoms with Crippen LogP contribution < -0.4 is 10.5 Å². The third-order valence-corrected chi connectivity index (χ3v) is 2.96. The van der Waals surface area contributed by atoms with Gasteiger partial charge in [0.2, 0.25) is 0 Å². The Bertz CT molecular complexity index is 551. The number of carbonyl (C=O) groups excluding carboxylic acids is 1. The predicted molar refractivity (Wildman–Crippen MR) is 76.0 cm³/mol. The van der Waals surface area contributed by atoms with Gasteiger partial charge in [0, 0.05) is 5.39 Å². The normalized spacial score (nSPS) is 12.3. The number of hydrogen-bond donors (Lipinski definition) is 2. The lowest BCUT2D eigenvalue weighted by atomic mass is 10.1. The zero-order valence-electron chi connectivity index (χ0n) is 9.87. The third kappa shape index (κ3) is 2.83. The Morgan fingerprint density at radius 3 is 2.72 bits per heavy atom. The van der Waals surface area contributed by atoms with Crippen molar-refractivity contribution in [1.82, 2.24) is 0 Å². The van der Waals surface area contributed by atoms with Crippen molar-refractivity contribution < 1.29 is 9.53 Å². The maximum atomic E-state index is 11.8. The van der Waals surface area contributed by atoms with Crippen LogP contribution in [0.1, 0.15) is 6.42 Å². The second-order valence-electron chi connectivity index (χ2n) is 4.02. The van der Waals surface area contributed by atoms with Gasteiger partial charge in [0.15, 0.2) is 0 Å². The van der Waals surface area contributed by atoms with E-state index in [9.17, 15) is 4.79 Å². The summed E-state index contributed by atoms with van der Waals surface area (Å²) < 4.78 is 5.34. The molecule has 18 heavy (non-hydrogen) atoms. The highest BCUT2D eigenvalue weighted by Crippen LogP contribution is 2.25. The van der Waals surface area contributed by atoms with E-state index in [4.69, 9.17) is 10.5 Å². The van der Waals surface area contributed by atoms with Crippen LogP contribution in [0.3, 0.4) is 0 Å². The van der Waals surface area contributed by atoms with Crippen LogP contribution in [0.25, 0.3) is 10.8 Å². The van der Waals surface area contributed by atoms with Crippen molar-refractivity contribution >= 4 is 29.4 Å². The highest BCUT2D eigenvalue weighted by Gasteiger charge is 2.15. The Kier molecular flexibility index (Phi) is 4.23. The van der Waals surface area contributed by atoms with Gasteiger partial charge in [-0.1, -0.05) is 36.4 Å². The van der Waals surface area contributed by atoms with E-state index in [1.54, 1.807) is 6.07 Å². The van der Waals surface area contributed by atoms with Crippen LogP contribution in [-0.2, 0) is 4.79 Å². The summed E-state index contributed by atoms with van der Waals surface area (Å²) in [5.74, 6) is 0.694. The van der Waals surface area contributed by atoms with Crippen LogP contribution in [0.2, 0.25) is 0 Å². The molecular weight excluding hydrogens is 246 g/mol. The van der Waals surface area contributed by atoms with Crippen molar-refractivity contribution in [2.45, 2.75) is 12.5 Å². The number of fused-ring (bicyclic) bond motifs is 1. The van der Waals surface area contributed by atoms with Crippen LogP contribution in [0.15, 0.2) is 42.5 Å². The molecule has 1 atom stereocenters. The van der Waals surface area contributed by atoms with Crippen LogP contribution in [0.4, 0.5) is 0 Å². The number of ether oxygens (including phenoxy) is 1. The van der Waals surface area contributed by atoms with E-state index < -0.39 is 12.0 Å². The zero-order valence-corrected chi connectivity index (χ0v) is 10.8. The van der Waals surface area contributed by atoms with Gasteiger partial charge in [-0.05, 0) is 23.6 Å². The van der Waals surface area contributed by atoms with Crippen molar-refractivity contribution in [3.8, 4) is 5.75 Å². The van der Waals surface area contributed by atoms with Crippen molar-refractivity contribution in [2.75, 3.05) is 5.75 Å². The lowest BCUT2D eigenvalue weighted by molar-refractivity contribution is -0.135. The second kappa shape index (κ2) is 5.89. The number of benzene rings is 2. The fourth-order valence-corrected chi connectivity index (χ4v) is 2.00. The summed E-state index contributed by atoms with van der Waals surface area (Å²) in [5, 5.41) is 1.94. The average Bonchev–Trinajstić information content (AvgIpc) is 2.39. The summed E-state index contributed by atoms with van der Waals surface area (Å²) in [6, 6.07) is 12.7. The topological polar surface area (TPSA) is 52.3 Å². The molecule has 0 fully saturated rings. The van der Waals surface area contributed by atoms with Gasteiger partial charge in [-0.25, -0.2) is 4.79 Å². The number of carbonyl (C=O) groups is 1. The summed E-state index contributed by atoms with van der Waals surface area (Å²) in [4.78, 5) is 11.8. The molecule has 0 saturated heterocycles. The Hall–Kier alpha value is -1.52. The molecule has 0 unspecified atom stereocenters. The van der Waals surface area contributed by atoms with Gasteiger partial charge in [-0.2, -0.15) is 12.6 Å². The van der Waals surface area contributed by atoms with E-state index in [-0.39, 0.29) is 0 Å². The first kappa shape index (κ1) is 12.9. The van der Waals surface area contributed by atoms with Crippen LogP contribution in [-0.4, -0.2) is 17.8 Å². The highest BCUT2D eigenvalue weighted by molar-refractivity contribution is 7.80. The molecule has 0 aliphatic carbocycles. The van der Waals surface area contributed by atoms with E-state index in [1.165, 1.54) is 0 Å². The van der Waals surface area contributed by atoms with Gasteiger partial charge in [-0.3, -0.25) is 0 Å². The van der Waals surface area contributed by atoms with E-state index in [0.29, 0.717) is 17.9 Å². The van der Waals surface area contributed by atoms with E-state index in [0.717, 1.165) is 10.8 Å². The predicted octanol–water partition coefficient (Wildman–Crippen LogP) is 2.39. The average molecular weight is 261 g/mol. The molecule has 0 aromatic heterocycles. The standard InChI is InChI=1S/C14H15NO2S/c15-12(8-9-18)14(16)17-13-7-3-5-10-4-1-2-6-11(10)13/h1-7,12,18H,8-9,15H2/t12-/m0/s1. The minimum absolute atomic E-state index is 0.416. The molecule has 0 aliphatic heterocycles. The summed E-state index contributed by atoms with van der Waals surface area (Å²) in [6.45, 7) is 0. The minimum atomic E-state index is -0.624. The van der Waals surface area contributed by atoms with Gasteiger partial charge >= 0.3 is 5.97 Å².